The number of carbonyl (C=O) groups is 1. The van der Waals surface area contributed by atoms with Crippen LogP contribution in [0.2, 0.25) is 0 Å². The molecule has 3 aromatic carbocycles. The summed E-state index contributed by atoms with van der Waals surface area (Å²) in [5.41, 5.74) is 1.47. The Balaban J connectivity index is 1.38. The first-order chi connectivity index (χ1) is 21.1. The molecule has 0 amide bonds. The zero-order valence-corrected chi connectivity index (χ0v) is 23.6. The first kappa shape index (κ1) is 30.6. The molecule has 0 radical (unpaired) electrons. The molecule has 0 fully saturated rings. The maximum Gasteiger partial charge on any atom is 0.379 e. The molecule has 12 heteroatoms. The molecule has 0 spiro atoms. The van der Waals surface area contributed by atoms with Crippen molar-refractivity contribution in [1.82, 2.24) is 14.5 Å². The SMILES string of the molecule is COCCn1c(Cc2cc(F)c(-c3cccc(OCc4ccc(C(C)(F)F)cc4)n3)cc2F)nc2ccc(C(=O)OF)cc21. The van der Waals surface area contributed by atoms with Gasteiger partial charge in [-0.3, -0.25) is 0 Å². The lowest BCUT2D eigenvalue weighted by molar-refractivity contribution is -0.0787. The highest BCUT2D eigenvalue weighted by atomic mass is 19.3. The van der Waals surface area contributed by atoms with Gasteiger partial charge in [-0.1, -0.05) is 30.3 Å². The van der Waals surface area contributed by atoms with Crippen molar-refractivity contribution in [2.24, 2.45) is 0 Å². The fourth-order valence-electron chi connectivity index (χ4n) is 4.70. The van der Waals surface area contributed by atoms with Crippen molar-refractivity contribution < 1.29 is 41.3 Å². The Morgan fingerprint density at radius 2 is 1.73 bits per heavy atom. The van der Waals surface area contributed by atoms with Crippen LogP contribution in [-0.4, -0.2) is 34.2 Å². The number of alkyl halides is 2. The summed E-state index contributed by atoms with van der Waals surface area (Å²) in [6, 6.07) is 16.7. The summed E-state index contributed by atoms with van der Waals surface area (Å²) in [5, 5.41) is 0. The Bertz CT molecular complexity index is 1800. The molecule has 0 bridgehead atoms. The maximum absolute atomic E-state index is 15.4. The number of benzene rings is 3. The van der Waals surface area contributed by atoms with E-state index in [9.17, 15) is 18.1 Å². The monoisotopic (exact) mass is 611 g/mol. The van der Waals surface area contributed by atoms with Gasteiger partial charge >= 0.3 is 5.97 Å². The van der Waals surface area contributed by atoms with Crippen molar-refractivity contribution in [3.63, 3.8) is 0 Å². The number of nitrogens with zero attached hydrogens (tertiary/aromatic N) is 3. The van der Waals surface area contributed by atoms with Gasteiger partial charge in [-0.2, -0.15) is 0 Å². The predicted molar refractivity (Wildman–Crippen MR) is 151 cm³/mol. The van der Waals surface area contributed by atoms with Crippen LogP contribution in [-0.2, 0) is 35.2 Å². The molecule has 0 unspecified atom stereocenters. The second-order valence-electron chi connectivity index (χ2n) is 10.1. The molecule has 0 saturated heterocycles. The smallest absolute Gasteiger partial charge is 0.379 e. The minimum absolute atomic E-state index is 0.0251. The number of rotatable bonds is 11. The second kappa shape index (κ2) is 12.8. The summed E-state index contributed by atoms with van der Waals surface area (Å²) in [7, 11) is 1.50. The number of carbonyl (C=O) groups excluding carboxylic acids is 1. The van der Waals surface area contributed by atoms with E-state index in [2.05, 4.69) is 14.9 Å². The van der Waals surface area contributed by atoms with E-state index in [1.54, 1.807) is 16.7 Å². The number of hydrogen-bond donors (Lipinski definition) is 0. The van der Waals surface area contributed by atoms with Crippen LogP contribution in [0.25, 0.3) is 22.3 Å². The van der Waals surface area contributed by atoms with Crippen molar-refractivity contribution in [2.45, 2.75) is 32.4 Å². The third-order valence-electron chi connectivity index (χ3n) is 6.98. The van der Waals surface area contributed by atoms with E-state index in [1.165, 1.54) is 55.6 Å². The van der Waals surface area contributed by atoms with Crippen LogP contribution < -0.4 is 4.74 Å². The average molecular weight is 612 g/mol. The molecule has 5 aromatic rings. The van der Waals surface area contributed by atoms with E-state index in [0.29, 0.717) is 22.4 Å². The van der Waals surface area contributed by atoms with Crippen LogP contribution in [0.4, 0.5) is 22.1 Å². The normalized spacial score (nSPS) is 11.6. The Labute approximate surface area is 248 Å². The van der Waals surface area contributed by atoms with Crippen LogP contribution in [0, 0.1) is 11.6 Å². The lowest BCUT2D eigenvalue weighted by Gasteiger charge is -2.12. The van der Waals surface area contributed by atoms with Gasteiger partial charge < -0.3 is 14.0 Å². The van der Waals surface area contributed by atoms with Gasteiger partial charge in [0.1, 0.15) is 24.1 Å². The van der Waals surface area contributed by atoms with E-state index >= 15 is 8.78 Å². The zero-order valence-electron chi connectivity index (χ0n) is 23.6. The van der Waals surface area contributed by atoms with E-state index in [0.717, 1.165) is 19.1 Å². The number of imidazole rings is 1. The highest BCUT2D eigenvalue weighted by Crippen LogP contribution is 2.29. The third-order valence-corrected chi connectivity index (χ3v) is 6.98. The quantitative estimate of drug-likeness (QED) is 0.146. The van der Waals surface area contributed by atoms with Gasteiger partial charge in [0.15, 0.2) is 0 Å². The first-order valence-corrected chi connectivity index (χ1v) is 13.4. The Morgan fingerprint density at radius 1 is 0.955 bits per heavy atom. The van der Waals surface area contributed by atoms with Crippen molar-refractivity contribution in [3.8, 4) is 17.1 Å². The fraction of sp³-hybridized carbons (Fsp3) is 0.219. The van der Waals surface area contributed by atoms with Crippen molar-refractivity contribution in [1.29, 1.82) is 0 Å². The zero-order chi connectivity index (χ0) is 31.4. The molecular formula is C32H26F5N3O4. The molecule has 2 heterocycles. The summed E-state index contributed by atoms with van der Waals surface area (Å²) in [6.45, 7) is 1.39. The van der Waals surface area contributed by atoms with Gasteiger partial charge in [-0.25, -0.2) is 37.3 Å². The number of ether oxygens (including phenoxy) is 2. The molecule has 0 N–H and O–H groups in total. The highest BCUT2D eigenvalue weighted by molar-refractivity contribution is 5.93. The molecule has 7 nitrogen and oxygen atoms in total. The summed E-state index contributed by atoms with van der Waals surface area (Å²) in [5.74, 6) is -5.04. The summed E-state index contributed by atoms with van der Waals surface area (Å²) >= 11 is 0. The summed E-state index contributed by atoms with van der Waals surface area (Å²) in [4.78, 5) is 23.8. The van der Waals surface area contributed by atoms with Crippen molar-refractivity contribution in [3.05, 3.63) is 113 Å². The Hall–Kier alpha value is -4.84. The van der Waals surface area contributed by atoms with E-state index in [-0.39, 0.29) is 60.0 Å². The van der Waals surface area contributed by atoms with Crippen LogP contribution in [0.15, 0.2) is 72.8 Å². The van der Waals surface area contributed by atoms with Gasteiger partial charge in [0.2, 0.25) is 5.88 Å². The summed E-state index contributed by atoms with van der Waals surface area (Å²) < 4.78 is 82.7. The number of aromatic nitrogens is 3. The molecular weight excluding hydrogens is 585 g/mol. The molecule has 0 saturated carbocycles. The Kier molecular flexibility index (Phi) is 8.91. The van der Waals surface area contributed by atoms with Crippen LogP contribution in [0.3, 0.4) is 0 Å². The first-order valence-electron chi connectivity index (χ1n) is 13.4. The standard InChI is InChI=1S/C32H26F5N3O4/c1-32(35,36)22-9-6-19(7-10-22)18-43-30-5-3-4-26(39-30)23-17-24(33)21(14-25(23)34)16-29-38-27-11-8-20(31(41)44-37)15-28(27)40(29)12-13-42-2/h3-11,14-15,17H,12-13,16,18H2,1-2H3. The highest BCUT2D eigenvalue weighted by Gasteiger charge is 2.24. The molecule has 5 rings (SSSR count). The van der Waals surface area contributed by atoms with Gasteiger partial charge in [0.25, 0.3) is 5.92 Å². The van der Waals surface area contributed by atoms with Gasteiger partial charge in [-0.05, 0) is 47.5 Å². The number of hydrogen-bond acceptors (Lipinski definition) is 6. The van der Waals surface area contributed by atoms with E-state index in [1.807, 2.05) is 0 Å². The average Bonchev–Trinajstić information content (AvgIpc) is 3.35. The predicted octanol–water partition coefficient (Wildman–Crippen LogP) is 7.35. The minimum Gasteiger partial charge on any atom is -0.473 e. The molecule has 0 aliphatic rings. The van der Waals surface area contributed by atoms with Gasteiger partial charge in [-0.15, -0.1) is 0 Å². The fourth-order valence-corrected chi connectivity index (χ4v) is 4.70. The third kappa shape index (κ3) is 6.70. The largest absolute Gasteiger partial charge is 0.473 e. The van der Waals surface area contributed by atoms with Gasteiger partial charge in [0, 0.05) is 48.7 Å². The number of halogens is 5. The van der Waals surface area contributed by atoms with Crippen LogP contribution in [0.1, 0.15) is 39.8 Å². The molecule has 0 aliphatic heterocycles. The lowest BCUT2D eigenvalue weighted by atomic mass is 10.0. The second-order valence-corrected chi connectivity index (χ2v) is 10.1. The topological polar surface area (TPSA) is 75.5 Å². The van der Waals surface area contributed by atoms with Crippen LogP contribution >= 0.6 is 0 Å². The molecule has 0 aliphatic carbocycles. The lowest BCUT2D eigenvalue weighted by Crippen LogP contribution is -2.10. The molecule has 2 aromatic heterocycles. The maximum atomic E-state index is 15.4. The van der Waals surface area contributed by atoms with E-state index in [4.69, 9.17) is 9.47 Å². The number of fused-ring (bicyclic) bond motifs is 1. The van der Waals surface area contributed by atoms with Crippen LogP contribution in [0.5, 0.6) is 5.88 Å². The van der Waals surface area contributed by atoms with E-state index < -0.39 is 23.5 Å². The van der Waals surface area contributed by atoms with Gasteiger partial charge in [0.05, 0.1) is 28.9 Å². The minimum atomic E-state index is -2.96. The molecule has 228 valence electrons. The number of pyridine rings is 1. The Morgan fingerprint density at radius 3 is 2.43 bits per heavy atom. The van der Waals surface area contributed by atoms with Crippen molar-refractivity contribution >= 4 is 17.0 Å². The number of methoxy groups -OCH3 is 1. The van der Waals surface area contributed by atoms with Crippen molar-refractivity contribution in [2.75, 3.05) is 13.7 Å². The molecule has 44 heavy (non-hydrogen) atoms. The molecule has 0 atom stereocenters. The summed E-state index contributed by atoms with van der Waals surface area (Å²) in [6.07, 6.45) is -0.0936.